The molecule has 0 saturated carbocycles. The summed E-state index contributed by atoms with van der Waals surface area (Å²) in [6, 6.07) is 7.12. The molecule has 7 heteroatoms. The van der Waals surface area contributed by atoms with Crippen LogP contribution in [-0.2, 0) is 0 Å². The van der Waals surface area contributed by atoms with E-state index in [0.29, 0.717) is 17.2 Å². The summed E-state index contributed by atoms with van der Waals surface area (Å²) in [5.41, 5.74) is 2.04. The van der Waals surface area contributed by atoms with Crippen molar-refractivity contribution in [3.05, 3.63) is 59.9 Å². The van der Waals surface area contributed by atoms with Crippen LogP contribution in [0.3, 0.4) is 0 Å². The molecule has 0 aliphatic rings. The molecule has 0 aliphatic heterocycles. The highest BCUT2D eigenvalue weighted by molar-refractivity contribution is 6.03. The van der Waals surface area contributed by atoms with Crippen LogP contribution in [0.2, 0.25) is 0 Å². The summed E-state index contributed by atoms with van der Waals surface area (Å²) >= 11 is 0. The van der Waals surface area contributed by atoms with Crippen LogP contribution in [0.5, 0.6) is 0 Å². The highest BCUT2D eigenvalue weighted by Crippen LogP contribution is 2.15. The van der Waals surface area contributed by atoms with Crippen LogP contribution in [0, 0.1) is 13.8 Å². The predicted octanol–water partition coefficient (Wildman–Crippen LogP) is 2.20. The molecule has 3 heterocycles. The van der Waals surface area contributed by atoms with E-state index in [0.717, 1.165) is 11.3 Å². The molecule has 0 spiro atoms. The number of carbonyl (C=O) groups is 1. The van der Waals surface area contributed by atoms with E-state index in [9.17, 15) is 4.79 Å². The number of aryl methyl sites for hydroxylation is 2. The van der Waals surface area contributed by atoms with Crippen molar-refractivity contribution < 1.29 is 4.79 Å². The number of hydrogen-bond acceptors (Lipinski definition) is 6. The fraction of sp³-hybridized carbons (Fsp3) is 0.125. The SMILES string of the molecule is Cc1ccc(C(=O)Nc2nc(C)nc(-c3cccnc3)n2)cn1. The maximum absolute atomic E-state index is 12.2. The first-order valence-corrected chi connectivity index (χ1v) is 6.99. The zero-order valence-electron chi connectivity index (χ0n) is 12.7. The Balaban J connectivity index is 1.87. The van der Waals surface area contributed by atoms with Gasteiger partial charge in [-0.15, -0.1) is 0 Å². The third-order valence-corrected chi connectivity index (χ3v) is 3.07. The Morgan fingerprint density at radius 3 is 2.61 bits per heavy atom. The number of hydrogen-bond donors (Lipinski definition) is 1. The van der Waals surface area contributed by atoms with E-state index in [1.54, 1.807) is 37.5 Å². The Bertz CT molecular complexity index is 833. The summed E-state index contributed by atoms with van der Waals surface area (Å²) < 4.78 is 0. The molecule has 0 aliphatic carbocycles. The largest absolute Gasteiger partial charge is 0.290 e. The molecule has 0 atom stereocenters. The molecule has 3 aromatic heterocycles. The third-order valence-electron chi connectivity index (χ3n) is 3.07. The number of carbonyl (C=O) groups excluding carboxylic acids is 1. The molecule has 0 bridgehead atoms. The number of rotatable bonds is 3. The Morgan fingerprint density at radius 1 is 1.04 bits per heavy atom. The van der Waals surface area contributed by atoms with Crippen LogP contribution < -0.4 is 5.32 Å². The van der Waals surface area contributed by atoms with Crippen molar-refractivity contribution in [2.75, 3.05) is 5.32 Å². The topological polar surface area (TPSA) is 93.6 Å². The Kier molecular flexibility index (Phi) is 4.01. The maximum Gasteiger partial charge on any atom is 0.259 e. The average molecular weight is 306 g/mol. The van der Waals surface area contributed by atoms with Gasteiger partial charge in [0.25, 0.3) is 5.91 Å². The fourth-order valence-electron chi connectivity index (χ4n) is 1.94. The number of nitrogens with one attached hydrogen (secondary N) is 1. The minimum absolute atomic E-state index is 0.196. The molecule has 3 aromatic rings. The summed E-state index contributed by atoms with van der Waals surface area (Å²) in [6.45, 7) is 3.60. The highest BCUT2D eigenvalue weighted by atomic mass is 16.1. The Hall–Kier alpha value is -3.22. The van der Waals surface area contributed by atoms with Crippen LogP contribution in [0.25, 0.3) is 11.4 Å². The summed E-state index contributed by atoms with van der Waals surface area (Å²) in [6.07, 6.45) is 4.84. The maximum atomic E-state index is 12.2. The Morgan fingerprint density at radius 2 is 1.91 bits per heavy atom. The van der Waals surface area contributed by atoms with Gasteiger partial charge in [-0.1, -0.05) is 0 Å². The molecular weight excluding hydrogens is 292 g/mol. The second-order valence-corrected chi connectivity index (χ2v) is 4.91. The van der Waals surface area contributed by atoms with Crippen molar-refractivity contribution in [3.8, 4) is 11.4 Å². The lowest BCUT2D eigenvalue weighted by atomic mass is 10.2. The van der Waals surface area contributed by atoms with Gasteiger partial charge in [-0.25, -0.2) is 4.98 Å². The van der Waals surface area contributed by atoms with E-state index < -0.39 is 0 Å². The lowest BCUT2D eigenvalue weighted by Gasteiger charge is -2.06. The van der Waals surface area contributed by atoms with Gasteiger partial charge in [0.15, 0.2) is 5.82 Å². The van der Waals surface area contributed by atoms with Crippen molar-refractivity contribution in [2.24, 2.45) is 0 Å². The lowest BCUT2D eigenvalue weighted by molar-refractivity contribution is 0.102. The smallest absolute Gasteiger partial charge is 0.259 e. The summed E-state index contributed by atoms with van der Waals surface area (Å²) in [7, 11) is 0. The van der Waals surface area contributed by atoms with Crippen LogP contribution in [0.1, 0.15) is 21.9 Å². The normalized spacial score (nSPS) is 10.3. The van der Waals surface area contributed by atoms with Gasteiger partial charge < -0.3 is 0 Å². The van der Waals surface area contributed by atoms with Crippen LogP contribution in [-0.4, -0.2) is 30.8 Å². The highest BCUT2D eigenvalue weighted by Gasteiger charge is 2.11. The first-order valence-electron chi connectivity index (χ1n) is 6.99. The Labute approximate surface area is 132 Å². The van der Waals surface area contributed by atoms with Crippen molar-refractivity contribution >= 4 is 11.9 Å². The number of anilines is 1. The molecule has 0 aromatic carbocycles. The molecule has 3 rings (SSSR count). The van der Waals surface area contributed by atoms with E-state index in [2.05, 4.69) is 30.2 Å². The van der Waals surface area contributed by atoms with Gasteiger partial charge in [0.2, 0.25) is 5.95 Å². The molecular formula is C16H14N6O. The van der Waals surface area contributed by atoms with Gasteiger partial charge in [0.05, 0.1) is 5.56 Å². The van der Waals surface area contributed by atoms with Crippen molar-refractivity contribution in [2.45, 2.75) is 13.8 Å². The van der Waals surface area contributed by atoms with Crippen LogP contribution in [0.15, 0.2) is 42.9 Å². The van der Waals surface area contributed by atoms with Gasteiger partial charge >= 0.3 is 0 Å². The molecule has 0 unspecified atom stereocenters. The van der Waals surface area contributed by atoms with Crippen molar-refractivity contribution in [3.63, 3.8) is 0 Å². The molecule has 0 fully saturated rings. The average Bonchev–Trinajstić information content (AvgIpc) is 2.55. The van der Waals surface area contributed by atoms with E-state index in [1.165, 1.54) is 6.20 Å². The number of aromatic nitrogens is 5. The summed E-state index contributed by atoms with van der Waals surface area (Å²) in [5.74, 6) is 0.848. The monoisotopic (exact) mass is 306 g/mol. The summed E-state index contributed by atoms with van der Waals surface area (Å²) in [5, 5.41) is 2.67. The molecule has 23 heavy (non-hydrogen) atoms. The second kappa shape index (κ2) is 6.27. The first-order chi connectivity index (χ1) is 11.1. The van der Waals surface area contributed by atoms with Crippen molar-refractivity contribution in [1.82, 2.24) is 24.9 Å². The van der Waals surface area contributed by atoms with Crippen LogP contribution in [0.4, 0.5) is 5.95 Å². The minimum atomic E-state index is -0.319. The van der Waals surface area contributed by atoms with Crippen LogP contribution >= 0.6 is 0 Å². The lowest BCUT2D eigenvalue weighted by Crippen LogP contribution is -2.15. The van der Waals surface area contributed by atoms with Gasteiger partial charge in [-0.3, -0.25) is 20.1 Å². The molecule has 1 N–H and O–H groups in total. The van der Waals surface area contributed by atoms with E-state index >= 15 is 0 Å². The number of pyridine rings is 2. The molecule has 7 nitrogen and oxygen atoms in total. The zero-order chi connectivity index (χ0) is 16.2. The molecule has 114 valence electrons. The molecule has 0 radical (unpaired) electrons. The second-order valence-electron chi connectivity index (χ2n) is 4.91. The zero-order valence-corrected chi connectivity index (χ0v) is 12.7. The predicted molar refractivity (Wildman–Crippen MR) is 84.7 cm³/mol. The number of nitrogens with zero attached hydrogens (tertiary/aromatic N) is 5. The van der Waals surface area contributed by atoms with E-state index in [4.69, 9.17) is 0 Å². The van der Waals surface area contributed by atoms with Gasteiger partial charge in [0.1, 0.15) is 5.82 Å². The van der Waals surface area contributed by atoms with Gasteiger partial charge in [0, 0.05) is 29.8 Å². The van der Waals surface area contributed by atoms with E-state index in [-0.39, 0.29) is 11.9 Å². The third kappa shape index (κ3) is 3.52. The standard InChI is InChI=1S/C16H14N6O/c1-10-5-6-13(9-18-10)15(23)22-16-20-11(2)19-14(21-16)12-4-3-7-17-8-12/h3-9H,1-2H3,(H,19,20,21,22,23). The number of amides is 1. The molecule has 1 amide bonds. The van der Waals surface area contributed by atoms with Gasteiger partial charge in [-0.2, -0.15) is 9.97 Å². The van der Waals surface area contributed by atoms with Crippen molar-refractivity contribution in [1.29, 1.82) is 0 Å². The van der Waals surface area contributed by atoms with E-state index in [1.807, 2.05) is 13.0 Å². The van der Waals surface area contributed by atoms with Gasteiger partial charge in [-0.05, 0) is 38.1 Å². The quantitative estimate of drug-likeness (QED) is 0.797. The summed E-state index contributed by atoms with van der Waals surface area (Å²) in [4.78, 5) is 33.1. The first kappa shape index (κ1) is 14.7. The fourth-order valence-corrected chi connectivity index (χ4v) is 1.94. The molecule has 0 saturated heterocycles. The minimum Gasteiger partial charge on any atom is -0.290 e.